The molecule has 0 atom stereocenters. The minimum atomic E-state index is 0.109. The van der Waals surface area contributed by atoms with E-state index in [4.69, 9.17) is 16.3 Å². The molecule has 1 fully saturated rings. The molecule has 1 saturated heterocycles. The molecule has 2 aliphatic heterocycles. The van der Waals surface area contributed by atoms with Crippen molar-refractivity contribution in [3.8, 4) is 5.75 Å². The SMILES string of the molecule is O=C(C1=Cc2cc(Cl)ccc2OC1)N1CCCCCC1. The molecule has 4 heteroatoms. The third-order valence-electron chi connectivity index (χ3n) is 3.85. The lowest BCUT2D eigenvalue weighted by atomic mass is 10.1. The van der Waals surface area contributed by atoms with E-state index in [1.54, 1.807) is 6.07 Å². The van der Waals surface area contributed by atoms with E-state index in [1.807, 2.05) is 23.1 Å². The van der Waals surface area contributed by atoms with Crippen molar-refractivity contribution in [1.82, 2.24) is 4.90 Å². The molecule has 1 aromatic carbocycles. The summed E-state index contributed by atoms with van der Waals surface area (Å²) in [6.45, 7) is 2.07. The fourth-order valence-electron chi connectivity index (χ4n) is 2.75. The molecule has 3 rings (SSSR count). The largest absolute Gasteiger partial charge is 0.488 e. The van der Waals surface area contributed by atoms with E-state index in [0.29, 0.717) is 11.6 Å². The molecule has 2 aliphatic rings. The van der Waals surface area contributed by atoms with Gasteiger partial charge in [0.05, 0.1) is 5.57 Å². The second-order valence-electron chi connectivity index (χ2n) is 5.35. The molecule has 1 amide bonds. The smallest absolute Gasteiger partial charge is 0.253 e. The van der Waals surface area contributed by atoms with Gasteiger partial charge in [-0.2, -0.15) is 0 Å². The first-order chi connectivity index (χ1) is 9.74. The Balaban J connectivity index is 1.81. The molecule has 0 unspecified atom stereocenters. The van der Waals surface area contributed by atoms with E-state index in [1.165, 1.54) is 12.8 Å². The van der Waals surface area contributed by atoms with Crippen LogP contribution in [0.15, 0.2) is 23.8 Å². The molecular weight excluding hydrogens is 274 g/mol. The zero-order valence-corrected chi connectivity index (χ0v) is 12.2. The first-order valence-electron chi connectivity index (χ1n) is 7.16. The van der Waals surface area contributed by atoms with E-state index in [9.17, 15) is 4.79 Å². The Bertz CT molecular complexity index is 545. The topological polar surface area (TPSA) is 29.5 Å². The zero-order chi connectivity index (χ0) is 13.9. The molecule has 1 aromatic rings. The summed E-state index contributed by atoms with van der Waals surface area (Å²) in [5, 5.41) is 0.659. The van der Waals surface area contributed by atoms with Gasteiger partial charge >= 0.3 is 0 Å². The summed E-state index contributed by atoms with van der Waals surface area (Å²) in [5.74, 6) is 0.902. The van der Waals surface area contributed by atoms with Crippen molar-refractivity contribution in [3.05, 3.63) is 34.4 Å². The molecule has 106 valence electrons. The number of benzene rings is 1. The average Bonchev–Trinajstić information content (AvgIpc) is 2.74. The van der Waals surface area contributed by atoms with Crippen LogP contribution in [0.4, 0.5) is 0 Å². The van der Waals surface area contributed by atoms with Gasteiger partial charge in [0.1, 0.15) is 12.4 Å². The van der Waals surface area contributed by atoms with Gasteiger partial charge in [-0.05, 0) is 37.1 Å². The summed E-state index contributed by atoms with van der Waals surface area (Å²) in [5.41, 5.74) is 1.61. The molecule has 0 aliphatic carbocycles. The van der Waals surface area contributed by atoms with Gasteiger partial charge in [-0.1, -0.05) is 24.4 Å². The predicted octanol–water partition coefficient (Wildman–Crippen LogP) is 3.52. The average molecular weight is 292 g/mol. The number of carbonyl (C=O) groups excluding carboxylic acids is 1. The Labute approximate surface area is 124 Å². The van der Waals surface area contributed by atoms with E-state index < -0.39 is 0 Å². The first kappa shape index (κ1) is 13.5. The van der Waals surface area contributed by atoms with Crippen LogP contribution >= 0.6 is 11.6 Å². The fourth-order valence-corrected chi connectivity index (χ4v) is 2.93. The van der Waals surface area contributed by atoms with Gasteiger partial charge in [0.2, 0.25) is 0 Å². The normalized spacial score (nSPS) is 18.6. The van der Waals surface area contributed by atoms with Crippen LogP contribution in [0.1, 0.15) is 31.2 Å². The van der Waals surface area contributed by atoms with Crippen molar-refractivity contribution in [1.29, 1.82) is 0 Å². The van der Waals surface area contributed by atoms with E-state index in [0.717, 1.165) is 42.8 Å². The lowest BCUT2D eigenvalue weighted by Gasteiger charge is -2.24. The predicted molar refractivity (Wildman–Crippen MR) is 80.0 cm³/mol. The van der Waals surface area contributed by atoms with Crippen LogP contribution in [-0.2, 0) is 4.79 Å². The number of rotatable bonds is 1. The number of amides is 1. The monoisotopic (exact) mass is 291 g/mol. The summed E-state index contributed by atoms with van der Waals surface area (Å²) in [4.78, 5) is 14.5. The summed E-state index contributed by atoms with van der Waals surface area (Å²) >= 11 is 5.99. The van der Waals surface area contributed by atoms with Gasteiger partial charge in [-0.25, -0.2) is 0 Å². The Morgan fingerprint density at radius 1 is 1.15 bits per heavy atom. The van der Waals surface area contributed by atoms with Crippen molar-refractivity contribution < 1.29 is 9.53 Å². The Morgan fingerprint density at radius 2 is 1.90 bits per heavy atom. The van der Waals surface area contributed by atoms with E-state index in [2.05, 4.69) is 0 Å². The molecule has 20 heavy (non-hydrogen) atoms. The number of fused-ring (bicyclic) bond motifs is 1. The number of ether oxygens (including phenoxy) is 1. The van der Waals surface area contributed by atoms with Crippen LogP contribution in [0.3, 0.4) is 0 Å². The van der Waals surface area contributed by atoms with E-state index >= 15 is 0 Å². The molecular formula is C16H18ClNO2. The van der Waals surface area contributed by atoms with Crippen LogP contribution in [0.5, 0.6) is 5.75 Å². The number of likely N-dealkylation sites (tertiary alicyclic amines) is 1. The highest BCUT2D eigenvalue weighted by atomic mass is 35.5. The Morgan fingerprint density at radius 3 is 2.65 bits per heavy atom. The highest BCUT2D eigenvalue weighted by Crippen LogP contribution is 2.29. The van der Waals surface area contributed by atoms with Crippen molar-refractivity contribution in [2.75, 3.05) is 19.7 Å². The van der Waals surface area contributed by atoms with Crippen LogP contribution in [-0.4, -0.2) is 30.5 Å². The van der Waals surface area contributed by atoms with Gasteiger partial charge in [0, 0.05) is 23.7 Å². The number of hydrogen-bond acceptors (Lipinski definition) is 2. The maximum atomic E-state index is 12.5. The molecule has 0 bridgehead atoms. The Kier molecular flexibility index (Phi) is 3.97. The lowest BCUT2D eigenvalue weighted by molar-refractivity contribution is -0.127. The van der Waals surface area contributed by atoms with Gasteiger partial charge < -0.3 is 9.64 Å². The maximum absolute atomic E-state index is 12.5. The van der Waals surface area contributed by atoms with Gasteiger partial charge in [-0.3, -0.25) is 4.79 Å². The van der Waals surface area contributed by atoms with Crippen LogP contribution in [0.2, 0.25) is 5.02 Å². The molecule has 0 aromatic heterocycles. The van der Waals surface area contributed by atoms with Gasteiger partial charge in [0.15, 0.2) is 0 Å². The molecule has 2 heterocycles. The minimum Gasteiger partial charge on any atom is -0.488 e. The maximum Gasteiger partial charge on any atom is 0.253 e. The highest BCUT2D eigenvalue weighted by Gasteiger charge is 2.23. The second kappa shape index (κ2) is 5.88. The highest BCUT2D eigenvalue weighted by molar-refractivity contribution is 6.30. The summed E-state index contributed by atoms with van der Waals surface area (Å²) in [6, 6.07) is 5.49. The zero-order valence-electron chi connectivity index (χ0n) is 11.4. The molecule has 3 nitrogen and oxygen atoms in total. The quantitative estimate of drug-likeness (QED) is 0.792. The lowest BCUT2D eigenvalue weighted by Crippen LogP contribution is -2.35. The third-order valence-corrected chi connectivity index (χ3v) is 4.09. The number of halogens is 1. The Hall–Kier alpha value is -1.48. The first-order valence-corrected chi connectivity index (χ1v) is 7.54. The number of nitrogens with zero attached hydrogens (tertiary/aromatic N) is 1. The van der Waals surface area contributed by atoms with Crippen LogP contribution in [0, 0.1) is 0 Å². The molecule has 0 radical (unpaired) electrons. The second-order valence-corrected chi connectivity index (χ2v) is 5.78. The van der Waals surface area contributed by atoms with Gasteiger partial charge in [0.25, 0.3) is 5.91 Å². The van der Waals surface area contributed by atoms with E-state index in [-0.39, 0.29) is 5.91 Å². The standard InChI is InChI=1S/C16H18ClNO2/c17-14-5-6-15-12(10-14)9-13(11-20-15)16(19)18-7-3-1-2-4-8-18/h5-6,9-10H,1-4,7-8,11H2. The van der Waals surface area contributed by atoms with Crippen molar-refractivity contribution in [3.63, 3.8) is 0 Å². The molecule has 0 saturated carbocycles. The fraction of sp³-hybridized carbons (Fsp3) is 0.438. The van der Waals surface area contributed by atoms with Crippen LogP contribution in [0.25, 0.3) is 6.08 Å². The number of hydrogen-bond donors (Lipinski definition) is 0. The van der Waals surface area contributed by atoms with Gasteiger partial charge in [-0.15, -0.1) is 0 Å². The van der Waals surface area contributed by atoms with Crippen molar-refractivity contribution in [2.45, 2.75) is 25.7 Å². The van der Waals surface area contributed by atoms with Crippen molar-refractivity contribution in [2.24, 2.45) is 0 Å². The van der Waals surface area contributed by atoms with Crippen molar-refractivity contribution >= 4 is 23.6 Å². The van der Waals surface area contributed by atoms with Crippen LogP contribution < -0.4 is 4.74 Å². The summed E-state index contributed by atoms with van der Waals surface area (Å²) in [7, 11) is 0. The minimum absolute atomic E-state index is 0.109. The molecule has 0 spiro atoms. The summed E-state index contributed by atoms with van der Waals surface area (Å²) < 4.78 is 5.66. The molecule has 0 N–H and O–H groups in total. The third kappa shape index (κ3) is 2.83. The number of carbonyl (C=O) groups is 1. The summed E-state index contributed by atoms with van der Waals surface area (Å²) in [6.07, 6.45) is 6.55.